The first-order chi connectivity index (χ1) is 10.4. The molecule has 0 bridgehead atoms. The monoisotopic (exact) mass is 688 g/mol. The van der Waals surface area contributed by atoms with Crippen molar-refractivity contribution in [2.45, 2.75) is 5.51 Å². The topological polar surface area (TPSA) is 95.9 Å². The molecule has 23 heavy (non-hydrogen) atoms. The molecule has 0 amide bonds. The molecule has 1 aromatic rings. The minimum atomic E-state index is -5.95. The van der Waals surface area contributed by atoms with Gasteiger partial charge in [0.05, 0.1) is 5.56 Å². The Kier molecular flexibility index (Phi) is 7.33. The number of carbonyl (C=O) groups is 1. The Labute approximate surface area is 169 Å². The first-order valence-electron chi connectivity index (χ1n) is 5.24. The summed E-state index contributed by atoms with van der Waals surface area (Å²) in [5, 5.41) is 11.1. The van der Waals surface area contributed by atoms with Crippen molar-refractivity contribution in [3.63, 3.8) is 0 Å². The van der Waals surface area contributed by atoms with Crippen LogP contribution in [0.4, 0.5) is 13.2 Å². The second-order valence-electron chi connectivity index (χ2n) is 3.70. The van der Waals surface area contributed by atoms with Gasteiger partial charge in [0, 0.05) is 16.6 Å². The van der Waals surface area contributed by atoms with Gasteiger partial charge in [0.15, 0.2) is 0 Å². The molecule has 0 fully saturated rings. The number of hydrogen-bond donors (Lipinski definition) is 0. The molecule has 0 N–H and O–H groups in total. The first kappa shape index (κ1) is 21.1. The van der Waals surface area contributed by atoms with Gasteiger partial charge < -0.3 is 9.84 Å². The van der Waals surface area contributed by atoms with Crippen molar-refractivity contribution < 1.29 is 36.2 Å². The average Bonchev–Trinajstić information content (AvgIpc) is 2.39. The Morgan fingerprint density at radius 1 is 1.22 bits per heavy atom. The maximum absolute atomic E-state index is 12.1. The highest BCUT2D eigenvalue weighted by Gasteiger charge is 2.45. The molecule has 0 heterocycles. The van der Waals surface area contributed by atoms with Crippen LogP contribution < -0.4 is 5.11 Å². The predicted molar refractivity (Wildman–Crippen MR) is 97.3 cm³/mol. The van der Waals surface area contributed by atoms with Crippen molar-refractivity contribution in [2.75, 3.05) is 6.61 Å². The fraction of sp³-hybridized carbons (Fsp3) is 0.200. The molecule has 0 aliphatic rings. The summed E-state index contributed by atoms with van der Waals surface area (Å²) in [7, 11) is -5.95. The SMILES string of the molecule is O=C(OC/C([O-])=N/S(=O)(=O)C(F)(F)F)c1c(I)ccc(I)c1I. The third kappa shape index (κ3) is 5.55. The normalized spacial score (nSPS) is 13.0. The van der Waals surface area contributed by atoms with E-state index < -0.39 is 34.0 Å². The van der Waals surface area contributed by atoms with Gasteiger partial charge in [0.1, 0.15) is 6.61 Å². The third-order valence-corrected chi connectivity index (χ3v) is 7.07. The number of sulfonamides is 1. The van der Waals surface area contributed by atoms with Crippen LogP contribution in [0.1, 0.15) is 10.4 Å². The van der Waals surface area contributed by atoms with E-state index >= 15 is 0 Å². The number of alkyl halides is 3. The van der Waals surface area contributed by atoms with Gasteiger partial charge >= 0.3 is 21.5 Å². The Hall–Kier alpha value is 0.0900. The molecular formula is C10H4F3I3NO5S-. The van der Waals surface area contributed by atoms with Gasteiger partial charge in [0.2, 0.25) is 0 Å². The molecule has 0 unspecified atom stereocenters. The molecule has 0 aliphatic heterocycles. The molecule has 0 aliphatic carbocycles. The number of benzene rings is 1. The Morgan fingerprint density at radius 3 is 2.26 bits per heavy atom. The summed E-state index contributed by atoms with van der Waals surface area (Å²) in [5.41, 5.74) is -5.56. The number of carbonyl (C=O) groups excluding carboxylic acids is 1. The number of halogens is 6. The smallest absolute Gasteiger partial charge is 0.518 e. The highest BCUT2D eigenvalue weighted by molar-refractivity contribution is 14.1. The predicted octanol–water partition coefficient (Wildman–Crippen LogP) is 2.27. The summed E-state index contributed by atoms with van der Waals surface area (Å²) in [4.78, 5) is 11.9. The third-order valence-electron chi connectivity index (χ3n) is 2.09. The zero-order chi connectivity index (χ0) is 18.0. The van der Waals surface area contributed by atoms with Crippen molar-refractivity contribution in [1.82, 2.24) is 0 Å². The molecule has 6 nitrogen and oxygen atoms in total. The molecule has 128 valence electrons. The lowest BCUT2D eigenvalue weighted by molar-refractivity contribution is -0.221. The first-order valence-corrected chi connectivity index (χ1v) is 9.92. The molecule has 0 spiro atoms. The van der Waals surface area contributed by atoms with E-state index in [0.717, 1.165) is 3.57 Å². The van der Waals surface area contributed by atoms with Crippen LogP contribution in [0, 0.1) is 10.7 Å². The Morgan fingerprint density at radius 2 is 1.74 bits per heavy atom. The molecular weight excluding hydrogens is 684 g/mol. The van der Waals surface area contributed by atoms with Gasteiger partial charge in [-0.3, -0.25) is 0 Å². The van der Waals surface area contributed by atoms with Crippen molar-refractivity contribution in [1.29, 1.82) is 0 Å². The summed E-state index contributed by atoms with van der Waals surface area (Å²) in [6.45, 7) is -1.22. The fourth-order valence-corrected chi connectivity index (χ4v) is 3.88. The van der Waals surface area contributed by atoms with E-state index in [4.69, 9.17) is 0 Å². The molecule has 0 saturated heterocycles. The number of hydrogen-bond acceptors (Lipinski definition) is 5. The Balaban J connectivity index is 2.92. The van der Waals surface area contributed by atoms with Crippen LogP contribution in [0.2, 0.25) is 0 Å². The van der Waals surface area contributed by atoms with Crippen LogP contribution in [-0.2, 0) is 14.8 Å². The van der Waals surface area contributed by atoms with Crippen LogP contribution in [0.5, 0.6) is 0 Å². The summed E-state index contributed by atoms with van der Waals surface area (Å²) in [6, 6.07) is 3.35. The number of ether oxygens (including phenoxy) is 1. The van der Waals surface area contributed by atoms with Crippen molar-refractivity contribution >= 4 is 89.7 Å². The van der Waals surface area contributed by atoms with Gasteiger partial charge in [-0.25, -0.2) is 4.79 Å². The van der Waals surface area contributed by atoms with Crippen molar-refractivity contribution in [3.8, 4) is 0 Å². The van der Waals surface area contributed by atoms with E-state index in [9.17, 15) is 31.5 Å². The maximum Gasteiger partial charge on any atom is 0.518 e. The standard InChI is InChI=1S/C10H5F3I3NO5S/c11-10(12,13)23(20,21)17-6(18)3-22-9(19)7-4(14)1-2-5(15)8(7)16/h1-2H,3H2,(H,17,18)/p-1. The summed E-state index contributed by atoms with van der Waals surface area (Å²) >= 11 is 5.67. The quantitative estimate of drug-likeness (QED) is 0.159. The molecule has 13 heteroatoms. The molecule has 1 aromatic carbocycles. The van der Waals surface area contributed by atoms with Crippen LogP contribution in [0.25, 0.3) is 0 Å². The second kappa shape index (κ2) is 7.98. The summed E-state index contributed by atoms with van der Waals surface area (Å²) in [5.74, 6) is -2.70. The van der Waals surface area contributed by atoms with E-state index in [1.807, 2.05) is 72.2 Å². The van der Waals surface area contributed by atoms with Crippen LogP contribution in [0.3, 0.4) is 0 Å². The van der Waals surface area contributed by atoms with Crippen molar-refractivity contribution in [2.24, 2.45) is 4.40 Å². The lowest BCUT2D eigenvalue weighted by Gasteiger charge is -2.13. The minimum absolute atomic E-state index is 0.129. The minimum Gasteiger partial charge on any atom is -0.859 e. The van der Waals surface area contributed by atoms with Crippen molar-refractivity contribution in [3.05, 3.63) is 28.4 Å². The molecule has 0 atom stereocenters. The van der Waals surface area contributed by atoms with E-state index in [0.29, 0.717) is 7.14 Å². The molecule has 1 rings (SSSR count). The van der Waals surface area contributed by atoms with Gasteiger partial charge in [-0.2, -0.15) is 26.0 Å². The second-order valence-corrected chi connectivity index (χ2v) is 8.70. The molecule has 0 radical (unpaired) electrons. The highest BCUT2D eigenvalue weighted by atomic mass is 127. The van der Waals surface area contributed by atoms with E-state index in [-0.39, 0.29) is 5.56 Å². The van der Waals surface area contributed by atoms with E-state index in [2.05, 4.69) is 4.74 Å². The van der Waals surface area contributed by atoms with Gasteiger partial charge in [-0.1, -0.05) is 0 Å². The van der Waals surface area contributed by atoms with E-state index in [1.54, 1.807) is 12.1 Å². The number of rotatable bonds is 4. The number of nitrogens with zero attached hydrogens (tertiary/aromatic N) is 1. The van der Waals surface area contributed by atoms with Gasteiger partial charge in [-0.15, -0.1) is 0 Å². The maximum atomic E-state index is 12.1. The zero-order valence-electron chi connectivity index (χ0n) is 10.5. The lowest BCUT2D eigenvalue weighted by Crippen LogP contribution is -2.30. The van der Waals surface area contributed by atoms with Crippen LogP contribution >= 0.6 is 67.8 Å². The highest BCUT2D eigenvalue weighted by Crippen LogP contribution is 2.26. The number of esters is 1. The molecule has 0 saturated carbocycles. The van der Waals surface area contributed by atoms with Gasteiger partial charge in [0.25, 0.3) is 0 Å². The Bertz CT molecular complexity index is 764. The average molecular weight is 688 g/mol. The van der Waals surface area contributed by atoms with Gasteiger partial charge in [-0.05, 0) is 79.9 Å². The van der Waals surface area contributed by atoms with Crippen LogP contribution in [0.15, 0.2) is 16.5 Å². The fourth-order valence-electron chi connectivity index (χ4n) is 1.13. The zero-order valence-corrected chi connectivity index (χ0v) is 17.8. The summed E-state index contributed by atoms with van der Waals surface area (Å²) < 4.78 is 65.9. The van der Waals surface area contributed by atoms with Crippen LogP contribution in [-0.4, -0.2) is 32.4 Å². The lowest BCUT2D eigenvalue weighted by atomic mass is 10.2. The largest absolute Gasteiger partial charge is 0.859 e. The summed E-state index contributed by atoms with van der Waals surface area (Å²) in [6.07, 6.45) is 0. The molecule has 0 aromatic heterocycles. The van der Waals surface area contributed by atoms with E-state index in [1.165, 1.54) is 0 Å².